The van der Waals surface area contributed by atoms with E-state index in [0.29, 0.717) is 17.4 Å². The van der Waals surface area contributed by atoms with Gasteiger partial charge in [-0.05, 0) is 45.5 Å². The molecule has 0 radical (unpaired) electrons. The fraction of sp³-hybridized carbons (Fsp3) is 0.526. The Balaban J connectivity index is 1.83. The van der Waals surface area contributed by atoms with Crippen LogP contribution in [0.4, 0.5) is 15.2 Å². The minimum absolute atomic E-state index is 0.129. The van der Waals surface area contributed by atoms with Crippen molar-refractivity contribution in [3.63, 3.8) is 0 Å². The van der Waals surface area contributed by atoms with Crippen molar-refractivity contribution in [1.82, 2.24) is 9.88 Å². The molecule has 29 heavy (non-hydrogen) atoms. The van der Waals surface area contributed by atoms with Crippen molar-refractivity contribution in [1.29, 1.82) is 0 Å². The molecule has 0 unspecified atom stereocenters. The molecule has 1 aromatic carbocycles. The number of benzene rings is 1. The summed E-state index contributed by atoms with van der Waals surface area (Å²) in [6.45, 7) is 4.78. The second-order valence-corrected chi connectivity index (χ2v) is 10.3. The molecular formula is C19H26ClFN4O2S2. The van der Waals surface area contributed by atoms with Gasteiger partial charge < -0.3 is 10.2 Å². The Morgan fingerprint density at radius 3 is 2.72 bits per heavy atom. The predicted octanol–water partition coefficient (Wildman–Crippen LogP) is 4.72. The van der Waals surface area contributed by atoms with Crippen molar-refractivity contribution in [2.24, 2.45) is 0 Å². The Labute approximate surface area is 180 Å². The molecule has 1 heterocycles. The van der Waals surface area contributed by atoms with Gasteiger partial charge in [0.1, 0.15) is 10.7 Å². The molecule has 1 aliphatic rings. The van der Waals surface area contributed by atoms with Crippen LogP contribution in [0.5, 0.6) is 0 Å². The molecule has 0 spiro atoms. The Morgan fingerprint density at radius 2 is 2.07 bits per heavy atom. The Bertz CT molecular complexity index is 967. The monoisotopic (exact) mass is 460 g/mol. The molecule has 3 rings (SSSR count). The number of thiazole rings is 1. The number of nitrogens with zero attached hydrogens (tertiary/aromatic N) is 2. The zero-order chi connectivity index (χ0) is 21.2. The van der Waals surface area contributed by atoms with E-state index in [1.165, 1.54) is 6.07 Å². The summed E-state index contributed by atoms with van der Waals surface area (Å²) in [6, 6.07) is 2.78. The van der Waals surface area contributed by atoms with Crippen molar-refractivity contribution in [3.05, 3.63) is 34.0 Å². The maximum Gasteiger partial charge on any atom is 0.266 e. The van der Waals surface area contributed by atoms with E-state index in [9.17, 15) is 12.8 Å². The highest BCUT2D eigenvalue weighted by Crippen LogP contribution is 2.33. The average molecular weight is 461 g/mol. The lowest BCUT2D eigenvalue weighted by Gasteiger charge is -2.38. The van der Waals surface area contributed by atoms with Crippen LogP contribution < -0.4 is 10.0 Å². The van der Waals surface area contributed by atoms with Crippen molar-refractivity contribution in [2.45, 2.75) is 56.5 Å². The van der Waals surface area contributed by atoms with Gasteiger partial charge in [-0.15, -0.1) is 11.3 Å². The highest BCUT2D eigenvalue weighted by atomic mass is 35.5. The highest BCUT2D eigenvalue weighted by Gasteiger charge is 2.29. The summed E-state index contributed by atoms with van der Waals surface area (Å²) in [5, 5.41) is 5.42. The minimum atomic E-state index is -4.13. The molecule has 0 aliphatic heterocycles. The van der Waals surface area contributed by atoms with Crippen molar-refractivity contribution >= 4 is 43.8 Å². The maximum atomic E-state index is 14.8. The third-order valence-corrected chi connectivity index (χ3v) is 7.96. The van der Waals surface area contributed by atoms with Gasteiger partial charge in [-0.2, -0.15) is 0 Å². The Morgan fingerprint density at radius 1 is 1.34 bits per heavy atom. The summed E-state index contributed by atoms with van der Waals surface area (Å²) >= 11 is 7.49. The van der Waals surface area contributed by atoms with Gasteiger partial charge in [0.25, 0.3) is 10.0 Å². The number of anilines is 2. The lowest BCUT2D eigenvalue weighted by molar-refractivity contribution is 0.185. The summed E-state index contributed by atoms with van der Waals surface area (Å²) in [5.41, 5.74) is 1.10. The number of hydrogen-bond acceptors (Lipinski definition) is 6. The molecule has 0 amide bonds. The van der Waals surface area contributed by atoms with Gasteiger partial charge >= 0.3 is 0 Å². The van der Waals surface area contributed by atoms with Crippen molar-refractivity contribution in [3.8, 4) is 0 Å². The van der Waals surface area contributed by atoms with Crippen LogP contribution in [-0.2, 0) is 10.0 Å². The second kappa shape index (κ2) is 9.16. The largest absolute Gasteiger partial charge is 0.379 e. The highest BCUT2D eigenvalue weighted by molar-refractivity contribution is 7.93. The number of nitrogens with one attached hydrogen (secondary N) is 2. The van der Waals surface area contributed by atoms with Gasteiger partial charge in [0.2, 0.25) is 0 Å². The van der Waals surface area contributed by atoms with E-state index in [0.717, 1.165) is 49.6 Å². The zero-order valence-electron chi connectivity index (χ0n) is 16.7. The smallest absolute Gasteiger partial charge is 0.266 e. The summed E-state index contributed by atoms with van der Waals surface area (Å²) in [6.07, 6.45) is 4.27. The summed E-state index contributed by atoms with van der Waals surface area (Å²) in [4.78, 5) is 5.84. The molecule has 2 aromatic rings. The van der Waals surface area contributed by atoms with E-state index in [2.05, 4.69) is 33.9 Å². The van der Waals surface area contributed by atoms with Crippen LogP contribution in [0.3, 0.4) is 0 Å². The molecule has 1 aliphatic carbocycles. The second-order valence-electron chi connectivity index (χ2n) is 7.34. The van der Waals surface area contributed by atoms with Crippen molar-refractivity contribution in [2.75, 3.05) is 23.6 Å². The van der Waals surface area contributed by atoms with Crippen LogP contribution in [0, 0.1) is 12.7 Å². The van der Waals surface area contributed by atoms with Gasteiger partial charge in [-0.1, -0.05) is 31.4 Å². The van der Waals surface area contributed by atoms with E-state index in [4.69, 9.17) is 11.6 Å². The quantitative estimate of drug-likeness (QED) is 0.625. The lowest BCUT2D eigenvalue weighted by atomic mass is 9.89. The van der Waals surface area contributed by atoms with E-state index in [1.54, 1.807) is 12.3 Å². The third-order valence-electron chi connectivity index (χ3n) is 5.29. The number of hydrogen-bond donors (Lipinski definition) is 2. The van der Waals surface area contributed by atoms with Gasteiger partial charge in [-0.25, -0.2) is 17.8 Å². The minimum Gasteiger partial charge on any atom is -0.379 e. The van der Waals surface area contributed by atoms with Crippen LogP contribution in [0.1, 0.15) is 38.3 Å². The number of sulfonamides is 1. The van der Waals surface area contributed by atoms with Gasteiger partial charge in [0, 0.05) is 17.5 Å². The third kappa shape index (κ3) is 5.20. The molecule has 160 valence electrons. The number of rotatable bonds is 7. The van der Waals surface area contributed by atoms with E-state index >= 15 is 0 Å². The average Bonchev–Trinajstić information content (AvgIpc) is 3.08. The molecule has 10 heteroatoms. The zero-order valence-corrected chi connectivity index (χ0v) is 19.1. The first-order valence-electron chi connectivity index (χ1n) is 9.62. The summed E-state index contributed by atoms with van der Waals surface area (Å²) in [5.74, 6) is -0.853. The molecule has 1 fully saturated rings. The van der Waals surface area contributed by atoms with Crippen LogP contribution >= 0.6 is 22.9 Å². The maximum absolute atomic E-state index is 14.8. The van der Waals surface area contributed by atoms with Gasteiger partial charge in [0.15, 0.2) is 5.13 Å². The molecule has 1 saturated carbocycles. The first-order chi connectivity index (χ1) is 13.7. The predicted molar refractivity (Wildman–Crippen MR) is 117 cm³/mol. The topological polar surface area (TPSA) is 74.3 Å². The molecule has 0 saturated heterocycles. The van der Waals surface area contributed by atoms with Crippen molar-refractivity contribution < 1.29 is 12.8 Å². The number of likely N-dealkylation sites (N-methyl/N-ethyl adjacent to an activating group) is 1. The normalized spacial score (nSPS) is 20.1. The molecule has 1 aromatic heterocycles. The Kier molecular flexibility index (Phi) is 7.03. The first-order valence-corrected chi connectivity index (χ1v) is 12.4. The number of aryl methyl sites for hydroxylation is 1. The van der Waals surface area contributed by atoms with Crippen LogP contribution in [0.15, 0.2) is 22.4 Å². The standard InChI is InChI=1S/C19H26ClFN4O2S2/c1-4-25(3)17-8-6-5-7-15(17)23-16-10-14(21)18(9-13(16)20)29(26,27)24-19-22-12(2)11-28-19/h9-11,15,17,23H,4-8H2,1-3H3,(H,22,24)/t15-,17-/m0/s1. The van der Waals surface area contributed by atoms with E-state index in [1.807, 2.05) is 0 Å². The molecule has 2 N–H and O–H groups in total. The van der Waals surface area contributed by atoms with Crippen LogP contribution in [-0.4, -0.2) is 44.0 Å². The van der Waals surface area contributed by atoms with Crippen LogP contribution in [0.2, 0.25) is 5.02 Å². The number of halogens is 2. The van der Waals surface area contributed by atoms with E-state index < -0.39 is 20.7 Å². The van der Waals surface area contributed by atoms with Crippen LogP contribution in [0.25, 0.3) is 0 Å². The lowest BCUT2D eigenvalue weighted by Crippen LogP contribution is -2.47. The fourth-order valence-corrected chi connectivity index (χ4v) is 5.97. The SMILES string of the molecule is CCN(C)[C@H]1CCCC[C@@H]1Nc1cc(F)c(S(=O)(=O)Nc2nc(C)cs2)cc1Cl. The van der Waals surface area contributed by atoms with E-state index in [-0.39, 0.29) is 16.2 Å². The first kappa shape index (κ1) is 22.3. The van der Waals surface area contributed by atoms with Gasteiger partial charge in [-0.3, -0.25) is 4.72 Å². The number of aromatic nitrogens is 1. The Hall–Kier alpha value is -1.42. The summed E-state index contributed by atoms with van der Waals surface area (Å²) < 4.78 is 42.3. The van der Waals surface area contributed by atoms with Gasteiger partial charge in [0.05, 0.1) is 16.4 Å². The molecular weight excluding hydrogens is 435 g/mol. The molecule has 2 atom stereocenters. The molecule has 0 bridgehead atoms. The molecule has 6 nitrogen and oxygen atoms in total. The summed E-state index contributed by atoms with van der Waals surface area (Å²) in [7, 11) is -2.05. The fourth-order valence-electron chi connectivity index (χ4n) is 3.66.